The van der Waals surface area contributed by atoms with E-state index < -0.39 is 17.8 Å². The fourth-order valence-corrected chi connectivity index (χ4v) is 5.04. The van der Waals surface area contributed by atoms with Crippen LogP contribution in [0.4, 0.5) is 5.69 Å². The van der Waals surface area contributed by atoms with E-state index in [9.17, 15) is 19.2 Å². The van der Waals surface area contributed by atoms with E-state index in [2.05, 4.69) is 5.32 Å². The van der Waals surface area contributed by atoms with Crippen LogP contribution < -0.4 is 5.32 Å². The second-order valence-electron chi connectivity index (χ2n) is 7.99. The third-order valence-corrected chi connectivity index (χ3v) is 6.97. The number of anilines is 1. The Balaban J connectivity index is 1.53. The van der Waals surface area contributed by atoms with Crippen molar-refractivity contribution < 1.29 is 28.7 Å². The van der Waals surface area contributed by atoms with Gasteiger partial charge in [0.2, 0.25) is 5.91 Å². The van der Waals surface area contributed by atoms with Crippen LogP contribution in [0.2, 0.25) is 0 Å². The van der Waals surface area contributed by atoms with E-state index in [1.54, 1.807) is 23.9 Å². The zero-order valence-corrected chi connectivity index (χ0v) is 20.5. The van der Waals surface area contributed by atoms with Crippen LogP contribution in [0.3, 0.4) is 0 Å². The molecule has 0 saturated carbocycles. The van der Waals surface area contributed by atoms with Crippen LogP contribution in [-0.2, 0) is 20.8 Å². The Kier molecular flexibility index (Phi) is 7.70. The van der Waals surface area contributed by atoms with Gasteiger partial charge >= 0.3 is 11.9 Å². The summed E-state index contributed by atoms with van der Waals surface area (Å²) in [6, 6.07) is 20.9. The third kappa shape index (κ3) is 5.41. The number of ether oxygens (including phenoxy) is 2. The summed E-state index contributed by atoms with van der Waals surface area (Å²) in [6.07, 6.45) is 0. The van der Waals surface area contributed by atoms with Crippen LogP contribution in [0, 0.1) is 0 Å². The van der Waals surface area contributed by atoms with Gasteiger partial charge in [-0.3, -0.25) is 9.59 Å². The first-order chi connectivity index (χ1) is 17.4. The molecule has 0 aliphatic carbocycles. The van der Waals surface area contributed by atoms with E-state index in [0.29, 0.717) is 17.9 Å². The maximum atomic E-state index is 13.0. The zero-order chi connectivity index (χ0) is 25.7. The fourth-order valence-electron chi connectivity index (χ4n) is 3.86. The van der Waals surface area contributed by atoms with Gasteiger partial charge in [-0.25, -0.2) is 9.59 Å². The van der Waals surface area contributed by atoms with E-state index in [0.717, 1.165) is 11.1 Å². The highest BCUT2D eigenvalue weighted by Gasteiger charge is 2.32. The Labute approximate surface area is 212 Å². The zero-order valence-electron chi connectivity index (χ0n) is 19.7. The number of benzene rings is 3. The van der Waals surface area contributed by atoms with Crippen LogP contribution in [0.1, 0.15) is 47.6 Å². The molecule has 3 aromatic rings. The summed E-state index contributed by atoms with van der Waals surface area (Å²) in [7, 11) is 2.47. The molecule has 1 atom stereocenters. The summed E-state index contributed by atoms with van der Waals surface area (Å²) in [5.41, 5.74) is 2.71. The van der Waals surface area contributed by atoms with E-state index in [1.165, 1.54) is 32.4 Å². The Morgan fingerprint density at radius 3 is 2.25 bits per heavy atom. The molecule has 2 amide bonds. The molecule has 9 heteroatoms. The number of esters is 2. The fraction of sp³-hybridized carbons (Fsp3) is 0.185. The lowest BCUT2D eigenvalue weighted by atomic mass is 10.1. The number of thioether (sulfide) groups is 1. The van der Waals surface area contributed by atoms with Crippen molar-refractivity contribution in [3.8, 4) is 0 Å². The van der Waals surface area contributed by atoms with Gasteiger partial charge in [0.1, 0.15) is 5.37 Å². The van der Waals surface area contributed by atoms with Gasteiger partial charge in [-0.2, -0.15) is 0 Å². The molecule has 0 aromatic heterocycles. The molecule has 0 unspecified atom stereocenters. The van der Waals surface area contributed by atoms with Crippen LogP contribution in [0.15, 0.2) is 72.8 Å². The molecular weight excluding hydrogens is 480 g/mol. The minimum atomic E-state index is -0.654. The topological polar surface area (TPSA) is 102 Å². The van der Waals surface area contributed by atoms with Crippen LogP contribution in [-0.4, -0.2) is 48.6 Å². The molecule has 1 aliphatic rings. The third-order valence-electron chi connectivity index (χ3n) is 5.72. The number of methoxy groups -OCH3 is 2. The molecule has 1 heterocycles. The van der Waals surface area contributed by atoms with Crippen molar-refractivity contribution in [1.29, 1.82) is 0 Å². The normalized spacial score (nSPS) is 14.9. The Hall–Kier alpha value is -4.11. The molecule has 8 nitrogen and oxygen atoms in total. The van der Waals surface area contributed by atoms with Crippen molar-refractivity contribution in [2.45, 2.75) is 11.9 Å². The van der Waals surface area contributed by atoms with Gasteiger partial charge in [0.15, 0.2) is 0 Å². The largest absolute Gasteiger partial charge is 0.465 e. The van der Waals surface area contributed by atoms with Crippen LogP contribution in [0.5, 0.6) is 0 Å². The van der Waals surface area contributed by atoms with Gasteiger partial charge in [0, 0.05) is 12.1 Å². The summed E-state index contributed by atoms with van der Waals surface area (Å²) in [5, 5.41) is 2.53. The maximum absolute atomic E-state index is 13.0. The maximum Gasteiger partial charge on any atom is 0.339 e. The number of carbonyl (C=O) groups is 4. The van der Waals surface area contributed by atoms with Crippen LogP contribution >= 0.6 is 11.8 Å². The molecule has 0 bridgehead atoms. The number of hydrogen-bond donors (Lipinski definition) is 1. The first kappa shape index (κ1) is 25.0. The lowest BCUT2D eigenvalue weighted by Gasteiger charge is -2.24. The number of hydrogen-bond acceptors (Lipinski definition) is 7. The highest BCUT2D eigenvalue weighted by molar-refractivity contribution is 8.00. The molecule has 1 aliphatic heterocycles. The molecule has 184 valence electrons. The van der Waals surface area contributed by atoms with Crippen molar-refractivity contribution in [2.75, 3.05) is 25.3 Å². The average molecular weight is 505 g/mol. The monoisotopic (exact) mass is 504 g/mol. The predicted octanol–water partition coefficient (Wildman–Crippen LogP) is 4.29. The molecule has 0 spiro atoms. The SMILES string of the molecule is COC(=O)c1ccc(C(=O)OC)c(NC(=O)c2ccc([C@@H]3SCC(=O)N3Cc3ccccc3)cc2)c1. The second kappa shape index (κ2) is 11.1. The van der Waals surface area contributed by atoms with Crippen molar-refractivity contribution >= 4 is 41.2 Å². The predicted molar refractivity (Wildman–Crippen MR) is 136 cm³/mol. The van der Waals surface area contributed by atoms with Gasteiger partial charge < -0.3 is 19.7 Å². The molecule has 4 rings (SSSR count). The first-order valence-corrected chi connectivity index (χ1v) is 12.1. The number of nitrogens with zero attached hydrogens (tertiary/aromatic N) is 1. The molecule has 3 aromatic carbocycles. The van der Waals surface area contributed by atoms with Crippen molar-refractivity contribution in [3.05, 3.63) is 101 Å². The number of rotatable bonds is 7. The van der Waals surface area contributed by atoms with Gasteiger partial charge in [0.25, 0.3) is 5.91 Å². The van der Waals surface area contributed by atoms with Gasteiger partial charge in [-0.05, 0) is 41.5 Å². The Morgan fingerprint density at radius 2 is 1.58 bits per heavy atom. The molecule has 1 saturated heterocycles. The minimum Gasteiger partial charge on any atom is -0.465 e. The molecule has 0 radical (unpaired) electrons. The molecule has 1 fully saturated rings. The number of nitrogens with one attached hydrogen (secondary N) is 1. The number of amides is 2. The first-order valence-electron chi connectivity index (χ1n) is 11.1. The quantitative estimate of drug-likeness (QED) is 0.479. The Bertz CT molecular complexity index is 1290. The summed E-state index contributed by atoms with van der Waals surface area (Å²) in [4.78, 5) is 51.4. The van der Waals surface area contributed by atoms with Crippen molar-refractivity contribution in [3.63, 3.8) is 0 Å². The summed E-state index contributed by atoms with van der Waals surface area (Å²) < 4.78 is 9.51. The van der Waals surface area contributed by atoms with E-state index in [1.807, 2.05) is 47.4 Å². The van der Waals surface area contributed by atoms with Gasteiger partial charge in [-0.15, -0.1) is 11.8 Å². The highest BCUT2D eigenvalue weighted by atomic mass is 32.2. The lowest BCUT2D eigenvalue weighted by Crippen LogP contribution is -2.27. The van der Waals surface area contributed by atoms with E-state index >= 15 is 0 Å². The minimum absolute atomic E-state index is 0.0662. The van der Waals surface area contributed by atoms with Gasteiger partial charge in [-0.1, -0.05) is 42.5 Å². The van der Waals surface area contributed by atoms with E-state index in [4.69, 9.17) is 9.47 Å². The van der Waals surface area contributed by atoms with Crippen molar-refractivity contribution in [1.82, 2.24) is 4.90 Å². The van der Waals surface area contributed by atoms with Crippen LogP contribution in [0.25, 0.3) is 0 Å². The summed E-state index contributed by atoms with van der Waals surface area (Å²) >= 11 is 1.54. The smallest absolute Gasteiger partial charge is 0.339 e. The van der Waals surface area contributed by atoms with E-state index in [-0.39, 0.29) is 28.1 Å². The van der Waals surface area contributed by atoms with Crippen molar-refractivity contribution in [2.24, 2.45) is 0 Å². The number of carbonyl (C=O) groups excluding carboxylic acids is 4. The molecular formula is C27H24N2O6S. The summed E-state index contributed by atoms with van der Waals surface area (Å²) in [5.74, 6) is -1.26. The average Bonchev–Trinajstić information content (AvgIpc) is 3.28. The highest BCUT2D eigenvalue weighted by Crippen LogP contribution is 2.39. The lowest BCUT2D eigenvalue weighted by molar-refractivity contribution is -0.128. The summed E-state index contributed by atoms with van der Waals surface area (Å²) in [6.45, 7) is 0.506. The van der Waals surface area contributed by atoms with Gasteiger partial charge in [0.05, 0.1) is 36.8 Å². The standard InChI is InChI=1S/C27H24N2O6S/c1-34-26(32)20-12-13-21(27(33)35-2)22(14-20)28-24(31)18-8-10-19(11-9-18)25-29(23(30)16-36-25)15-17-6-4-3-5-7-17/h3-14,25H,15-16H2,1-2H3,(H,28,31)/t25-/m0/s1. The molecule has 36 heavy (non-hydrogen) atoms. The molecule has 1 N–H and O–H groups in total. The second-order valence-corrected chi connectivity index (χ2v) is 9.06. The Morgan fingerprint density at radius 1 is 0.917 bits per heavy atom.